The summed E-state index contributed by atoms with van der Waals surface area (Å²) in [6.45, 7) is 4.61. The average Bonchev–Trinajstić information content (AvgIpc) is 2.94. The van der Waals surface area contributed by atoms with Crippen LogP contribution in [0.1, 0.15) is 62.5 Å². The van der Waals surface area contributed by atoms with Gasteiger partial charge in [0.15, 0.2) is 0 Å². The number of nitrogens with zero attached hydrogens (tertiary/aromatic N) is 3. The molecule has 8 nitrogen and oxygen atoms in total. The quantitative estimate of drug-likeness (QED) is 0.0779. The summed E-state index contributed by atoms with van der Waals surface area (Å²) in [6, 6.07) is 16.3. The lowest BCUT2D eigenvalue weighted by Gasteiger charge is -2.08. The summed E-state index contributed by atoms with van der Waals surface area (Å²) < 4.78 is 22.5. The third-order valence-corrected chi connectivity index (χ3v) is 5.96. The molecule has 2 aromatic rings. The zero-order valence-electron chi connectivity index (χ0n) is 22.2. The Kier molecular flexibility index (Phi) is 17.6. The summed E-state index contributed by atoms with van der Waals surface area (Å²) in [6.07, 6.45) is 10.6. The van der Waals surface area contributed by atoms with Crippen LogP contribution in [0.15, 0.2) is 53.6 Å². The van der Waals surface area contributed by atoms with E-state index in [0.29, 0.717) is 39.5 Å². The SMILES string of the molecule is [N-]=[N+]=NCCOCCOCCc1ccc(OCCCCCCCCCCOc2ccc(CN)cc2)cc1. The molecule has 0 aliphatic rings. The molecule has 0 aromatic heterocycles. The molecule has 0 fully saturated rings. The molecule has 0 saturated heterocycles. The van der Waals surface area contributed by atoms with E-state index < -0.39 is 0 Å². The van der Waals surface area contributed by atoms with Gasteiger partial charge in [-0.15, -0.1) is 0 Å². The molecule has 0 bridgehead atoms. The van der Waals surface area contributed by atoms with Crippen molar-refractivity contribution in [3.05, 3.63) is 70.1 Å². The van der Waals surface area contributed by atoms with E-state index in [-0.39, 0.29) is 0 Å². The minimum atomic E-state index is 0.356. The van der Waals surface area contributed by atoms with Crippen molar-refractivity contribution in [1.82, 2.24) is 0 Å². The molecule has 8 heteroatoms. The first-order chi connectivity index (χ1) is 18.3. The van der Waals surface area contributed by atoms with Crippen LogP contribution in [0, 0.1) is 0 Å². The van der Waals surface area contributed by atoms with Crippen LogP contribution in [0.25, 0.3) is 10.4 Å². The van der Waals surface area contributed by atoms with Crippen molar-refractivity contribution >= 4 is 0 Å². The summed E-state index contributed by atoms with van der Waals surface area (Å²) >= 11 is 0. The minimum Gasteiger partial charge on any atom is -0.494 e. The Bertz CT molecular complexity index is 855. The molecule has 2 rings (SSSR count). The van der Waals surface area contributed by atoms with Gasteiger partial charge in [-0.1, -0.05) is 67.9 Å². The molecule has 0 heterocycles. The Balaban J connectivity index is 1.35. The van der Waals surface area contributed by atoms with Gasteiger partial charge in [0.1, 0.15) is 11.5 Å². The second kappa shape index (κ2) is 21.3. The molecule has 204 valence electrons. The lowest BCUT2D eigenvalue weighted by molar-refractivity contribution is 0.0519. The van der Waals surface area contributed by atoms with Crippen LogP contribution < -0.4 is 15.2 Å². The van der Waals surface area contributed by atoms with Crippen molar-refractivity contribution in [2.24, 2.45) is 10.8 Å². The van der Waals surface area contributed by atoms with Gasteiger partial charge in [0.25, 0.3) is 0 Å². The number of rotatable bonds is 23. The Morgan fingerprint density at radius 2 is 1.08 bits per heavy atom. The van der Waals surface area contributed by atoms with Crippen molar-refractivity contribution in [2.75, 3.05) is 46.2 Å². The molecular formula is C29H44N4O4. The molecule has 0 amide bonds. The van der Waals surface area contributed by atoms with Crippen molar-refractivity contribution in [3.63, 3.8) is 0 Å². The maximum atomic E-state index is 8.18. The van der Waals surface area contributed by atoms with Crippen LogP contribution in [-0.4, -0.2) is 46.2 Å². The van der Waals surface area contributed by atoms with Gasteiger partial charge in [-0.05, 0) is 60.2 Å². The number of ether oxygens (including phenoxy) is 4. The van der Waals surface area contributed by atoms with Gasteiger partial charge in [-0.2, -0.15) is 0 Å². The van der Waals surface area contributed by atoms with Gasteiger partial charge in [0, 0.05) is 18.0 Å². The van der Waals surface area contributed by atoms with Gasteiger partial charge in [0.05, 0.1) is 39.6 Å². The van der Waals surface area contributed by atoms with Gasteiger partial charge >= 0.3 is 0 Å². The number of hydrogen-bond acceptors (Lipinski definition) is 6. The third kappa shape index (κ3) is 15.8. The van der Waals surface area contributed by atoms with Crippen molar-refractivity contribution in [2.45, 2.75) is 64.3 Å². The summed E-state index contributed by atoms with van der Waals surface area (Å²) in [5.74, 6) is 1.86. The maximum absolute atomic E-state index is 8.18. The number of unbranched alkanes of at least 4 members (excludes halogenated alkanes) is 7. The van der Waals surface area contributed by atoms with Crippen LogP contribution in [0.2, 0.25) is 0 Å². The lowest BCUT2D eigenvalue weighted by Crippen LogP contribution is -2.08. The van der Waals surface area contributed by atoms with Gasteiger partial charge in [-0.25, -0.2) is 0 Å². The van der Waals surface area contributed by atoms with Crippen LogP contribution in [0.4, 0.5) is 0 Å². The minimum absolute atomic E-state index is 0.356. The average molecular weight is 513 g/mol. The van der Waals surface area contributed by atoms with Gasteiger partial charge in [0.2, 0.25) is 0 Å². The first-order valence-corrected chi connectivity index (χ1v) is 13.6. The van der Waals surface area contributed by atoms with Crippen LogP contribution in [0.5, 0.6) is 11.5 Å². The molecule has 0 unspecified atom stereocenters. The molecule has 0 saturated carbocycles. The maximum Gasteiger partial charge on any atom is 0.119 e. The second-order valence-corrected chi connectivity index (χ2v) is 8.95. The topological polar surface area (TPSA) is 112 Å². The molecule has 0 spiro atoms. The first-order valence-electron chi connectivity index (χ1n) is 13.6. The zero-order chi connectivity index (χ0) is 26.2. The van der Waals surface area contributed by atoms with Crippen molar-refractivity contribution < 1.29 is 18.9 Å². The van der Waals surface area contributed by atoms with E-state index in [0.717, 1.165) is 49.5 Å². The fourth-order valence-corrected chi connectivity index (χ4v) is 3.78. The van der Waals surface area contributed by atoms with Crippen LogP contribution >= 0.6 is 0 Å². The molecule has 37 heavy (non-hydrogen) atoms. The van der Waals surface area contributed by atoms with Gasteiger partial charge in [-0.3, -0.25) is 0 Å². The number of nitrogens with two attached hydrogens (primary N) is 1. The highest BCUT2D eigenvalue weighted by Crippen LogP contribution is 2.15. The number of hydrogen-bond donors (Lipinski definition) is 1. The monoisotopic (exact) mass is 512 g/mol. The highest BCUT2D eigenvalue weighted by molar-refractivity contribution is 5.28. The summed E-state index contributed by atoms with van der Waals surface area (Å²) in [5, 5.41) is 3.41. The fourth-order valence-electron chi connectivity index (χ4n) is 3.78. The van der Waals surface area contributed by atoms with E-state index in [2.05, 4.69) is 22.2 Å². The summed E-state index contributed by atoms with van der Waals surface area (Å²) in [7, 11) is 0. The highest BCUT2D eigenvalue weighted by Gasteiger charge is 1.99. The predicted molar refractivity (Wildman–Crippen MR) is 148 cm³/mol. The van der Waals surface area contributed by atoms with E-state index in [1.165, 1.54) is 44.1 Å². The van der Waals surface area contributed by atoms with E-state index in [4.69, 9.17) is 30.2 Å². The van der Waals surface area contributed by atoms with E-state index in [1.807, 2.05) is 36.4 Å². The van der Waals surface area contributed by atoms with Crippen LogP contribution in [-0.2, 0) is 22.4 Å². The Morgan fingerprint density at radius 3 is 1.59 bits per heavy atom. The van der Waals surface area contributed by atoms with E-state index >= 15 is 0 Å². The van der Waals surface area contributed by atoms with E-state index in [1.54, 1.807) is 0 Å². The normalized spacial score (nSPS) is 10.7. The highest BCUT2D eigenvalue weighted by atomic mass is 16.5. The van der Waals surface area contributed by atoms with Crippen molar-refractivity contribution in [3.8, 4) is 11.5 Å². The summed E-state index contributed by atoms with van der Waals surface area (Å²) in [4.78, 5) is 2.68. The molecule has 0 aliphatic heterocycles. The van der Waals surface area contributed by atoms with E-state index in [9.17, 15) is 0 Å². The number of benzene rings is 2. The summed E-state index contributed by atoms with van der Waals surface area (Å²) in [5.41, 5.74) is 16.1. The second-order valence-electron chi connectivity index (χ2n) is 8.95. The number of azide groups is 1. The molecule has 0 radical (unpaired) electrons. The fraction of sp³-hybridized carbons (Fsp3) is 0.586. The Labute approximate surface area is 222 Å². The third-order valence-electron chi connectivity index (χ3n) is 5.96. The van der Waals surface area contributed by atoms with Gasteiger partial charge < -0.3 is 24.7 Å². The molecule has 2 aromatic carbocycles. The molecule has 0 aliphatic carbocycles. The molecule has 0 atom stereocenters. The first kappa shape index (κ1) is 30.5. The Hall–Kier alpha value is -2.77. The molecule has 2 N–H and O–H groups in total. The Morgan fingerprint density at radius 1 is 0.595 bits per heavy atom. The molecular weight excluding hydrogens is 468 g/mol. The predicted octanol–water partition coefficient (Wildman–Crippen LogP) is 6.61. The standard InChI is InChI=1S/C29H44N4O4/c30-25-27-11-15-29(16-12-27)37-20-8-6-4-2-1-3-5-7-19-36-28-13-9-26(10-14-28)17-21-34-23-24-35-22-18-32-33-31/h9-16H,1-8,17-25,30H2. The zero-order valence-corrected chi connectivity index (χ0v) is 22.2. The van der Waals surface area contributed by atoms with Crippen molar-refractivity contribution in [1.29, 1.82) is 0 Å². The lowest BCUT2D eigenvalue weighted by atomic mass is 10.1. The largest absolute Gasteiger partial charge is 0.494 e. The smallest absolute Gasteiger partial charge is 0.119 e. The van der Waals surface area contributed by atoms with Crippen LogP contribution in [0.3, 0.4) is 0 Å².